The molecule has 0 aromatic carbocycles. The smallest absolute Gasteiger partial charge is 0.214 e. The van der Waals surface area contributed by atoms with Crippen LogP contribution in [0.2, 0.25) is 0 Å². The molecule has 0 spiro atoms. The molecule has 0 aromatic rings. The zero-order valence-electron chi connectivity index (χ0n) is 7.95. The van der Waals surface area contributed by atoms with Crippen LogP contribution in [0.4, 0.5) is 0 Å². The highest BCUT2D eigenvalue weighted by Crippen LogP contribution is 2.03. The topological polar surface area (TPSA) is 0 Å². The molecule has 0 rings (SSSR count). The van der Waals surface area contributed by atoms with Crippen molar-refractivity contribution in [3.05, 3.63) is 0 Å². The number of hydrogen-bond donors (Lipinski definition) is 0. The Hall–Kier alpha value is 1.40. The van der Waals surface area contributed by atoms with Crippen molar-refractivity contribution < 1.29 is 0 Å². The highest BCUT2D eigenvalue weighted by molar-refractivity contribution is 7.54. The van der Waals surface area contributed by atoms with E-state index in [1.807, 2.05) is 0 Å². The molecule has 0 aliphatic rings. The summed E-state index contributed by atoms with van der Waals surface area (Å²) in [6, 6.07) is 0. The zero-order chi connectivity index (χ0) is 9.82. The maximum absolute atomic E-state index is 4.94. The first kappa shape index (κ1) is 15.9. The summed E-state index contributed by atoms with van der Waals surface area (Å²) in [5.74, 6) is 0. The summed E-state index contributed by atoms with van der Waals surface area (Å²) in [5, 5.41) is 0. The molecule has 0 amide bonds. The highest BCUT2D eigenvalue weighted by Gasteiger charge is 2.00. The van der Waals surface area contributed by atoms with E-state index in [1.54, 1.807) is 0 Å². The SMILES string of the molecule is CCCCCCCC.[Cl][Al]([Cl])[Cl]. The largest absolute Gasteiger partial charge is 0.643 e. The predicted octanol–water partition coefficient (Wildman–Crippen LogP) is 5.05. The van der Waals surface area contributed by atoms with Crippen molar-refractivity contribution in [3.63, 3.8) is 0 Å². The van der Waals surface area contributed by atoms with Gasteiger partial charge in [0.15, 0.2) is 0 Å². The molecular weight excluding hydrogens is 229 g/mol. The Morgan fingerprint density at radius 1 is 0.750 bits per heavy atom. The highest BCUT2D eigenvalue weighted by atomic mass is 35.8. The number of unbranched alkanes of at least 4 members (excludes halogenated alkanes) is 5. The lowest BCUT2D eigenvalue weighted by atomic mass is 10.1. The Morgan fingerprint density at radius 3 is 1.17 bits per heavy atom. The summed E-state index contributed by atoms with van der Waals surface area (Å²) in [4.78, 5) is 0. The van der Waals surface area contributed by atoms with Crippen molar-refractivity contribution in [2.45, 2.75) is 52.4 Å². The molecule has 0 bridgehead atoms. The van der Waals surface area contributed by atoms with Crippen LogP contribution in [0.25, 0.3) is 0 Å². The van der Waals surface area contributed by atoms with Crippen LogP contribution < -0.4 is 0 Å². The van der Waals surface area contributed by atoms with Gasteiger partial charge in [-0.3, -0.25) is 0 Å². The van der Waals surface area contributed by atoms with Crippen LogP contribution >= 0.6 is 30.1 Å². The third-order valence-corrected chi connectivity index (χ3v) is 1.46. The fourth-order valence-electron chi connectivity index (χ4n) is 0.854. The van der Waals surface area contributed by atoms with Gasteiger partial charge in [-0.25, -0.2) is 30.1 Å². The molecule has 74 valence electrons. The minimum atomic E-state index is -1.72. The Kier molecular flexibility index (Phi) is 19.7. The van der Waals surface area contributed by atoms with Gasteiger partial charge in [0, 0.05) is 0 Å². The lowest BCUT2D eigenvalue weighted by Crippen LogP contribution is -1.73. The van der Waals surface area contributed by atoms with Crippen LogP contribution in [0.1, 0.15) is 52.4 Å². The van der Waals surface area contributed by atoms with Gasteiger partial charge in [0.05, 0.1) is 0 Å². The molecule has 0 saturated heterocycles. The van der Waals surface area contributed by atoms with Gasteiger partial charge in [-0.2, -0.15) is 0 Å². The second-order valence-electron chi connectivity index (χ2n) is 2.66. The molecule has 0 aliphatic carbocycles. The van der Waals surface area contributed by atoms with E-state index in [1.165, 1.54) is 38.5 Å². The Balaban J connectivity index is 0. The third-order valence-electron chi connectivity index (χ3n) is 1.46. The predicted molar refractivity (Wildman–Crippen MR) is 62.4 cm³/mol. The molecule has 0 heterocycles. The van der Waals surface area contributed by atoms with Crippen LogP contribution in [0.15, 0.2) is 0 Å². The van der Waals surface area contributed by atoms with Crippen LogP contribution in [0.3, 0.4) is 0 Å². The quantitative estimate of drug-likeness (QED) is 0.471. The van der Waals surface area contributed by atoms with Crippen LogP contribution in [0, 0.1) is 0 Å². The number of hydrogen-bond acceptors (Lipinski definition) is 0. The molecule has 0 saturated carbocycles. The second kappa shape index (κ2) is 14.9. The molecule has 0 unspecified atom stereocenters. The van der Waals surface area contributed by atoms with Gasteiger partial charge in [-0.1, -0.05) is 52.4 Å². The molecule has 0 radical (unpaired) electrons. The molecule has 12 heavy (non-hydrogen) atoms. The molecule has 4 heteroatoms. The van der Waals surface area contributed by atoms with Crippen LogP contribution in [-0.2, 0) is 0 Å². The van der Waals surface area contributed by atoms with E-state index in [9.17, 15) is 0 Å². The van der Waals surface area contributed by atoms with E-state index >= 15 is 0 Å². The number of rotatable bonds is 5. The van der Waals surface area contributed by atoms with E-state index in [4.69, 9.17) is 30.1 Å². The molecule has 0 nitrogen and oxygen atoms in total. The minimum Gasteiger partial charge on any atom is -0.214 e. The third kappa shape index (κ3) is 30.1. The molecule has 0 aliphatic heterocycles. The normalized spacial score (nSPS) is 8.75. The molecular formula is C8H18AlCl3. The van der Waals surface area contributed by atoms with E-state index < -0.39 is 11.4 Å². The standard InChI is InChI=1S/C8H18.Al.3ClH/c1-3-5-7-8-6-4-2;;;;/h3-8H2,1-2H3;;3*1H/q;+3;;;/p-3. The van der Waals surface area contributed by atoms with Gasteiger partial charge >= 0.3 is 11.4 Å². The van der Waals surface area contributed by atoms with E-state index in [0.717, 1.165) is 0 Å². The van der Waals surface area contributed by atoms with Gasteiger partial charge in [0.2, 0.25) is 0 Å². The summed E-state index contributed by atoms with van der Waals surface area (Å²) in [6.45, 7) is 4.51. The van der Waals surface area contributed by atoms with Crippen molar-refractivity contribution in [2.24, 2.45) is 0 Å². The Labute approximate surface area is 93.6 Å². The van der Waals surface area contributed by atoms with Gasteiger partial charge in [-0.05, 0) is 0 Å². The fraction of sp³-hybridized carbons (Fsp3) is 1.00. The fourth-order valence-corrected chi connectivity index (χ4v) is 0.854. The van der Waals surface area contributed by atoms with Crippen molar-refractivity contribution in [3.8, 4) is 0 Å². The summed E-state index contributed by atoms with van der Waals surface area (Å²) in [7, 11) is 14.8. The first-order chi connectivity index (χ1) is 5.65. The average Bonchev–Trinajstić information content (AvgIpc) is 1.97. The first-order valence-electron chi connectivity index (χ1n) is 4.57. The van der Waals surface area contributed by atoms with E-state index in [-0.39, 0.29) is 0 Å². The lowest BCUT2D eigenvalue weighted by molar-refractivity contribution is 0.624. The number of halogens is 3. The van der Waals surface area contributed by atoms with E-state index in [2.05, 4.69) is 13.8 Å². The summed E-state index contributed by atoms with van der Waals surface area (Å²) in [5.41, 5.74) is 0. The lowest BCUT2D eigenvalue weighted by Gasteiger charge is -1.93. The average molecular weight is 248 g/mol. The van der Waals surface area contributed by atoms with E-state index in [0.29, 0.717) is 0 Å². The second-order valence-corrected chi connectivity index (χ2v) is 9.09. The molecule has 0 fully saturated rings. The van der Waals surface area contributed by atoms with Gasteiger partial charge < -0.3 is 0 Å². The van der Waals surface area contributed by atoms with Crippen LogP contribution in [0.5, 0.6) is 0 Å². The van der Waals surface area contributed by atoms with Crippen molar-refractivity contribution >= 4 is 41.5 Å². The Bertz CT molecular complexity index is 60.6. The maximum atomic E-state index is 4.94. The summed E-state index contributed by atoms with van der Waals surface area (Å²) < 4.78 is 0. The zero-order valence-corrected chi connectivity index (χ0v) is 11.4. The van der Waals surface area contributed by atoms with Gasteiger partial charge in [-0.15, -0.1) is 0 Å². The molecule has 0 N–H and O–H groups in total. The molecule has 0 aromatic heterocycles. The minimum absolute atomic E-state index is 1.36. The van der Waals surface area contributed by atoms with Gasteiger partial charge in [0.25, 0.3) is 0 Å². The van der Waals surface area contributed by atoms with Crippen LogP contribution in [-0.4, -0.2) is 11.4 Å². The summed E-state index contributed by atoms with van der Waals surface area (Å²) in [6.07, 6.45) is 8.49. The molecule has 0 atom stereocenters. The monoisotopic (exact) mass is 246 g/mol. The van der Waals surface area contributed by atoms with Crippen molar-refractivity contribution in [2.75, 3.05) is 0 Å². The van der Waals surface area contributed by atoms with Gasteiger partial charge in [0.1, 0.15) is 0 Å². The van der Waals surface area contributed by atoms with Crippen molar-refractivity contribution in [1.29, 1.82) is 0 Å². The first-order valence-corrected chi connectivity index (χ1v) is 9.81. The van der Waals surface area contributed by atoms with Crippen molar-refractivity contribution in [1.82, 2.24) is 0 Å². The summed E-state index contributed by atoms with van der Waals surface area (Å²) >= 11 is -1.72. The Morgan fingerprint density at radius 2 is 1.00 bits per heavy atom. The maximum Gasteiger partial charge on any atom is 0.643 e.